The third-order valence-corrected chi connectivity index (χ3v) is 6.28. The smallest absolute Gasteiger partial charge is 0.253 e. The second-order valence-corrected chi connectivity index (χ2v) is 8.15. The largest absolute Gasteiger partial charge is 0.490 e. The number of carbonyl (C=O) groups is 1. The van der Waals surface area contributed by atoms with Gasteiger partial charge in [0, 0.05) is 24.7 Å². The summed E-state index contributed by atoms with van der Waals surface area (Å²) in [7, 11) is 0. The molecule has 4 nitrogen and oxygen atoms in total. The van der Waals surface area contributed by atoms with Crippen LogP contribution in [0.25, 0.3) is 0 Å². The Hall–Kier alpha value is -2.51. The first-order valence-corrected chi connectivity index (χ1v) is 10.2. The summed E-state index contributed by atoms with van der Waals surface area (Å²) in [4.78, 5) is 14.8. The van der Waals surface area contributed by atoms with E-state index in [1.165, 1.54) is 5.56 Å². The van der Waals surface area contributed by atoms with Crippen LogP contribution in [0.5, 0.6) is 5.75 Å². The van der Waals surface area contributed by atoms with Crippen molar-refractivity contribution < 1.29 is 9.53 Å². The van der Waals surface area contributed by atoms with E-state index in [1.54, 1.807) is 18.2 Å². The van der Waals surface area contributed by atoms with E-state index < -0.39 is 0 Å². The number of carbonyl (C=O) groups excluding carboxylic acids is 1. The molecule has 4 rings (SSSR count). The number of aryl methyl sites for hydroxylation is 1. The van der Waals surface area contributed by atoms with Crippen molar-refractivity contribution in [2.24, 2.45) is 11.8 Å². The van der Waals surface area contributed by atoms with E-state index in [0.29, 0.717) is 28.2 Å². The average molecular weight is 395 g/mol. The molecular weight excluding hydrogens is 372 g/mol. The van der Waals surface area contributed by atoms with Crippen LogP contribution in [-0.4, -0.2) is 30.0 Å². The van der Waals surface area contributed by atoms with Crippen LogP contribution in [0, 0.1) is 23.2 Å². The lowest BCUT2D eigenvalue weighted by atomic mass is 10.0. The van der Waals surface area contributed by atoms with Gasteiger partial charge in [-0.3, -0.25) is 4.79 Å². The Labute approximate surface area is 170 Å². The molecule has 144 valence electrons. The summed E-state index contributed by atoms with van der Waals surface area (Å²) >= 11 is 6.10. The van der Waals surface area contributed by atoms with E-state index >= 15 is 0 Å². The summed E-state index contributed by atoms with van der Waals surface area (Å²) in [5, 5.41) is 9.39. The highest BCUT2D eigenvalue weighted by Crippen LogP contribution is 2.40. The molecule has 1 unspecified atom stereocenters. The van der Waals surface area contributed by atoms with Gasteiger partial charge in [0.15, 0.2) is 0 Å². The maximum absolute atomic E-state index is 12.8. The molecule has 1 aliphatic carbocycles. The van der Waals surface area contributed by atoms with Gasteiger partial charge in [-0.2, -0.15) is 5.26 Å². The fraction of sp³-hybridized carbons (Fsp3) is 0.391. The second-order valence-electron chi connectivity index (χ2n) is 7.75. The molecule has 0 aromatic heterocycles. The Bertz CT molecular complexity index is 905. The predicted octanol–water partition coefficient (Wildman–Crippen LogP) is 4.70. The number of likely N-dealkylation sites (tertiary alicyclic amines) is 1. The molecule has 0 radical (unpaired) electrons. The standard InChI is InChI=1S/C23H23ClN2O2/c1-2-15-3-5-16(6-4-15)23(27)26-13-18-9-21(10-19(18)14-26)28-20-8-7-17(12-25)22(24)11-20/h3-8,11,18-19,21H,2,9-10,13-14H2,1H3/t18-,19+,21?. The van der Waals surface area contributed by atoms with Gasteiger partial charge in [-0.15, -0.1) is 0 Å². The van der Waals surface area contributed by atoms with Crippen molar-refractivity contribution in [1.82, 2.24) is 4.90 Å². The number of fused-ring (bicyclic) bond motifs is 1. The van der Waals surface area contributed by atoms with Crippen LogP contribution in [0.3, 0.4) is 0 Å². The van der Waals surface area contributed by atoms with Crippen molar-refractivity contribution in [3.05, 3.63) is 64.2 Å². The fourth-order valence-electron chi connectivity index (χ4n) is 4.42. The molecule has 2 aromatic carbocycles. The van der Waals surface area contributed by atoms with Gasteiger partial charge in [0.1, 0.15) is 11.8 Å². The van der Waals surface area contributed by atoms with Crippen molar-refractivity contribution in [3.8, 4) is 11.8 Å². The van der Waals surface area contributed by atoms with Crippen molar-refractivity contribution in [1.29, 1.82) is 5.26 Å². The molecule has 1 amide bonds. The van der Waals surface area contributed by atoms with E-state index in [2.05, 4.69) is 13.0 Å². The van der Waals surface area contributed by atoms with E-state index in [0.717, 1.165) is 37.9 Å². The molecule has 0 N–H and O–H groups in total. The summed E-state index contributed by atoms with van der Waals surface area (Å²) in [5.74, 6) is 1.81. The maximum Gasteiger partial charge on any atom is 0.253 e. The molecule has 28 heavy (non-hydrogen) atoms. The lowest BCUT2D eigenvalue weighted by molar-refractivity contribution is 0.0770. The Balaban J connectivity index is 1.34. The molecule has 2 aliphatic rings. The SMILES string of the molecule is CCc1ccc(C(=O)N2C[C@H]3CC(Oc4ccc(C#N)c(Cl)c4)C[C@H]3C2)cc1. The Kier molecular flexibility index (Phi) is 5.28. The Morgan fingerprint density at radius 2 is 1.86 bits per heavy atom. The molecule has 1 saturated carbocycles. The number of halogens is 1. The number of ether oxygens (including phenoxy) is 1. The van der Waals surface area contributed by atoms with Crippen LogP contribution in [0.15, 0.2) is 42.5 Å². The number of hydrogen-bond donors (Lipinski definition) is 0. The van der Waals surface area contributed by atoms with Gasteiger partial charge in [0.2, 0.25) is 0 Å². The van der Waals surface area contributed by atoms with Crippen LogP contribution in [0.1, 0.15) is 41.3 Å². The lowest BCUT2D eigenvalue weighted by Crippen LogP contribution is -2.30. The summed E-state index contributed by atoms with van der Waals surface area (Å²) in [5.41, 5.74) is 2.48. The lowest BCUT2D eigenvalue weighted by Gasteiger charge is -2.20. The third kappa shape index (κ3) is 3.72. The van der Waals surface area contributed by atoms with Crippen LogP contribution in [-0.2, 0) is 6.42 Å². The van der Waals surface area contributed by atoms with Gasteiger partial charge in [-0.25, -0.2) is 0 Å². The minimum absolute atomic E-state index is 0.133. The van der Waals surface area contributed by atoms with Gasteiger partial charge in [0.25, 0.3) is 5.91 Å². The van der Waals surface area contributed by atoms with Gasteiger partial charge in [-0.1, -0.05) is 30.7 Å². The second kappa shape index (κ2) is 7.85. The number of rotatable bonds is 4. The highest BCUT2D eigenvalue weighted by Gasteiger charge is 2.43. The van der Waals surface area contributed by atoms with Crippen molar-refractivity contribution in [2.45, 2.75) is 32.3 Å². The van der Waals surface area contributed by atoms with E-state index in [4.69, 9.17) is 21.6 Å². The zero-order chi connectivity index (χ0) is 19.7. The first-order chi connectivity index (χ1) is 13.6. The first kappa shape index (κ1) is 18.8. The van der Waals surface area contributed by atoms with Crippen LogP contribution in [0.4, 0.5) is 0 Å². The van der Waals surface area contributed by atoms with E-state index in [-0.39, 0.29) is 12.0 Å². The molecule has 1 aliphatic heterocycles. The van der Waals surface area contributed by atoms with Crippen LogP contribution < -0.4 is 4.74 Å². The van der Waals surface area contributed by atoms with Gasteiger partial charge in [0.05, 0.1) is 16.7 Å². The van der Waals surface area contributed by atoms with E-state index in [1.807, 2.05) is 29.2 Å². The molecule has 1 saturated heterocycles. The Morgan fingerprint density at radius 3 is 2.43 bits per heavy atom. The minimum atomic E-state index is 0.133. The van der Waals surface area contributed by atoms with Gasteiger partial charge < -0.3 is 9.64 Å². The molecule has 5 heteroatoms. The summed E-state index contributed by atoms with van der Waals surface area (Å²) in [6, 6.07) is 15.2. The molecule has 3 atom stereocenters. The fourth-order valence-corrected chi connectivity index (χ4v) is 4.64. The zero-order valence-electron chi connectivity index (χ0n) is 15.9. The highest BCUT2D eigenvalue weighted by atomic mass is 35.5. The van der Waals surface area contributed by atoms with Crippen molar-refractivity contribution >= 4 is 17.5 Å². The first-order valence-electron chi connectivity index (χ1n) is 9.82. The number of benzene rings is 2. The number of nitrogens with zero attached hydrogens (tertiary/aromatic N) is 2. The van der Waals surface area contributed by atoms with Crippen LogP contribution in [0.2, 0.25) is 5.02 Å². The number of nitriles is 1. The molecule has 0 bridgehead atoms. The third-order valence-electron chi connectivity index (χ3n) is 5.97. The number of amides is 1. The highest BCUT2D eigenvalue weighted by molar-refractivity contribution is 6.31. The summed E-state index contributed by atoms with van der Waals surface area (Å²) < 4.78 is 6.10. The summed E-state index contributed by atoms with van der Waals surface area (Å²) in [6.07, 6.45) is 3.01. The molecule has 0 spiro atoms. The number of hydrogen-bond acceptors (Lipinski definition) is 3. The molecule has 2 fully saturated rings. The summed E-state index contributed by atoms with van der Waals surface area (Å²) in [6.45, 7) is 3.71. The van der Waals surface area contributed by atoms with Crippen molar-refractivity contribution in [2.75, 3.05) is 13.1 Å². The van der Waals surface area contributed by atoms with Crippen LogP contribution >= 0.6 is 11.6 Å². The predicted molar refractivity (Wildman–Crippen MR) is 109 cm³/mol. The monoisotopic (exact) mass is 394 g/mol. The topological polar surface area (TPSA) is 53.3 Å². The zero-order valence-corrected chi connectivity index (χ0v) is 16.7. The average Bonchev–Trinajstić information content (AvgIpc) is 3.26. The maximum atomic E-state index is 12.8. The normalized spacial score (nSPS) is 23.3. The molecular formula is C23H23ClN2O2. The molecule has 1 heterocycles. The van der Waals surface area contributed by atoms with E-state index in [9.17, 15) is 4.79 Å². The Morgan fingerprint density at radius 1 is 1.18 bits per heavy atom. The molecule has 2 aromatic rings. The van der Waals surface area contributed by atoms with Gasteiger partial charge in [-0.05, 0) is 60.9 Å². The quantitative estimate of drug-likeness (QED) is 0.754. The van der Waals surface area contributed by atoms with Gasteiger partial charge >= 0.3 is 0 Å². The van der Waals surface area contributed by atoms with Crippen molar-refractivity contribution in [3.63, 3.8) is 0 Å². The minimum Gasteiger partial charge on any atom is -0.490 e.